The third-order valence-corrected chi connectivity index (χ3v) is 4.16. The lowest BCUT2D eigenvalue weighted by atomic mass is 10.2. The van der Waals surface area contributed by atoms with Gasteiger partial charge in [0.25, 0.3) is 0 Å². The maximum absolute atomic E-state index is 12.0. The van der Waals surface area contributed by atoms with Gasteiger partial charge in [0.05, 0.1) is 18.4 Å². The molecule has 0 amide bonds. The molecule has 0 aliphatic heterocycles. The van der Waals surface area contributed by atoms with Crippen molar-refractivity contribution < 1.29 is 19.4 Å². The normalized spacial score (nSPS) is 10.7. The van der Waals surface area contributed by atoms with Gasteiger partial charge in [-0.1, -0.05) is 0 Å². The van der Waals surface area contributed by atoms with Gasteiger partial charge >= 0.3 is 11.9 Å². The second-order valence-corrected chi connectivity index (χ2v) is 5.65. The summed E-state index contributed by atoms with van der Waals surface area (Å²) in [7, 11) is 0. The van der Waals surface area contributed by atoms with Crippen LogP contribution in [0.15, 0.2) is 0 Å². The first-order valence-corrected chi connectivity index (χ1v) is 7.66. The molecule has 7 nitrogen and oxygen atoms in total. The molecule has 8 heteroatoms. The molecule has 0 bridgehead atoms. The lowest BCUT2D eigenvalue weighted by molar-refractivity contribution is -0.136. The van der Waals surface area contributed by atoms with Crippen LogP contribution in [0.3, 0.4) is 0 Å². The van der Waals surface area contributed by atoms with Crippen molar-refractivity contribution in [2.75, 3.05) is 18.5 Å². The number of aryl methyl sites for hydroxylation is 2. The van der Waals surface area contributed by atoms with Crippen LogP contribution in [0.2, 0.25) is 0 Å². The van der Waals surface area contributed by atoms with Gasteiger partial charge in [-0.05, 0) is 26.3 Å². The maximum atomic E-state index is 12.0. The number of hydrogen-bond donors (Lipinski definition) is 2. The first-order chi connectivity index (χ1) is 10.4. The minimum atomic E-state index is -0.885. The van der Waals surface area contributed by atoms with Crippen molar-refractivity contribution in [3.05, 3.63) is 16.3 Å². The van der Waals surface area contributed by atoms with E-state index in [1.807, 2.05) is 6.92 Å². The molecule has 0 atom stereocenters. The zero-order valence-corrected chi connectivity index (χ0v) is 13.4. The van der Waals surface area contributed by atoms with Gasteiger partial charge in [-0.25, -0.2) is 14.8 Å². The number of carbonyl (C=O) groups is 2. The molecule has 0 fully saturated rings. The molecule has 22 heavy (non-hydrogen) atoms. The van der Waals surface area contributed by atoms with Crippen LogP contribution in [0.1, 0.15) is 34.4 Å². The summed E-state index contributed by atoms with van der Waals surface area (Å²) < 4.78 is 5.05. The lowest BCUT2D eigenvalue weighted by Gasteiger charge is -2.07. The van der Waals surface area contributed by atoms with Gasteiger partial charge in [0.1, 0.15) is 21.3 Å². The average molecular weight is 323 g/mol. The number of carboxylic acid groups (broad SMARTS) is 1. The number of ether oxygens (including phenoxy) is 1. The molecule has 2 heterocycles. The van der Waals surface area contributed by atoms with E-state index in [0.29, 0.717) is 28.0 Å². The number of nitrogens with zero attached hydrogens (tertiary/aromatic N) is 2. The number of anilines is 1. The fourth-order valence-electron chi connectivity index (χ4n) is 2.05. The van der Waals surface area contributed by atoms with Crippen molar-refractivity contribution in [2.45, 2.75) is 27.2 Å². The molecular formula is C14H17N3O4S. The molecule has 0 saturated carbocycles. The molecule has 0 spiro atoms. The summed E-state index contributed by atoms with van der Waals surface area (Å²) in [5.41, 5.74) is 0.747. The van der Waals surface area contributed by atoms with Gasteiger partial charge in [-0.3, -0.25) is 4.79 Å². The topological polar surface area (TPSA) is 101 Å². The van der Waals surface area contributed by atoms with Crippen molar-refractivity contribution in [1.29, 1.82) is 0 Å². The Kier molecular flexibility index (Phi) is 4.92. The number of aromatic nitrogens is 2. The van der Waals surface area contributed by atoms with Crippen molar-refractivity contribution in [3.8, 4) is 0 Å². The van der Waals surface area contributed by atoms with Crippen LogP contribution in [0.25, 0.3) is 10.2 Å². The molecule has 0 aliphatic carbocycles. The fraction of sp³-hybridized carbons (Fsp3) is 0.429. The van der Waals surface area contributed by atoms with Gasteiger partial charge in [0, 0.05) is 6.54 Å². The van der Waals surface area contributed by atoms with Crippen molar-refractivity contribution in [2.24, 2.45) is 0 Å². The van der Waals surface area contributed by atoms with Crippen LogP contribution in [0, 0.1) is 13.8 Å². The second kappa shape index (κ2) is 6.69. The number of fused-ring (bicyclic) bond motifs is 1. The minimum Gasteiger partial charge on any atom is -0.481 e. The Labute approximate surface area is 131 Å². The van der Waals surface area contributed by atoms with Crippen LogP contribution in [-0.2, 0) is 9.53 Å². The molecule has 0 unspecified atom stereocenters. The van der Waals surface area contributed by atoms with Crippen LogP contribution < -0.4 is 5.32 Å². The maximum Gasteiger partial charge on any atom is 0.348 e. The average Bonchev–Trinajstić information content (AvgIpc) is 2.75. The predicted octanol–water partition coefficient (Wildman–Crippen LogP) is 2.37. The third-order valence-electron chi connectivity index (χ3n) is 2.99. The molecule has 0 saturated heterocycles. The SMILES string of the molecule is CCOC(=O)c1sc2nc(C)nc(NCCC(=O)O)c2c1C. The summed E-state index contributed by atoms with van der Waals surface area (Å²) in [4.78, 5) is 32.4. The van der Waals surface area contributed by atoms with E-state index in [1.165, 1.54) is 11.3 Å². The van der Waals surface area contributed by atoms with Crippen LogP contribution >= 0.6 is 11.3 Å². The monoisotopic (exact) mass is 323 g/mol. The molecule has 2 rings (SSSR count). The summed E-state index contributed by atoms with van der Waals surface area (Å²) in [6.45, 7) is 5.88. The fourth-order valence-corrected chi connectivity index (χ4v) is 3.17. The first kappa shape index (κ1) is 16.2. The molecule has 2 aromatic rings. The highest BCUT2D eigenvalue weighted by molar-refractivity contribution is 7.20. The zero-order chi connectivity index (χ0) is 16.3. The zero-order valence-electron chi connectivity index (χ0n) is 12.6. The van der Waals surface area contributed by atoms with Gasteiger partial charge < -0.3 is 15.2 Å². The Hall–Kier alpha value is -2.22. The summed E-state index contributed by atoms with van der Waals surface area (Å²) in [5.74, 6) is -0.157. The number of hydrogen-bond acceptors (Lipinski definition) is 7. The smallest absolute Gasteiger partial charge is 0.348 e. The molecule has 0 radical (unpaired) electrons. The Balaban J connectivity index is 2.43. The molecule has 2 aromatic heterocycles. The number of esters is 1. The lowest BCUT2D eigenvalue weighted by Crippen LogP contribution is -2.10. The number of carbonyl (C=O) groups excluding carboxylic acids is 1. The van der Waals surface area contributed by atoms with E-state index in [4.69, 9.17) is 9.84 Å². The van der Waals surface area contributed by atoms with Gasteiger partial charge in [0.2, 0.25) is 0 Å². The summed E-state index contributed by atoms with van der Waals surface area (Å²) in [6.07, 6.45) is -0.0154. The number of aliphatic carboxylic acids is 1. The molecule has 2 N–H and O–H groups in total. The van der Waals surface area contributed by atoms with E-state index < -0.39 is 5.97 Å². The molecule has 0 aromatic carbocycles. The first-order valence-electron chi connectivity index (χ1n) is 6.84. The largest absolute Gasteiger partial charge is 0.481 e. The predicted molar refractivity (Wildman–Crippen MR) is 83.6 cm³/mol. The number of rotatable bonds is 6. The van der Waals surface area contributed by atoms with E-state index in [-0.39, 0.29) is 18.9 Å². The number of nitrogens with one attached hydrogen (secondary N) is 1. The molecule has 0 aliphatic rings. The van der Waals surface area contributed by atoms with Crippen molar-refractivity contribution in [3.63, 3.8) is 0 Å². The van der Waals surface area contributed by atoms with Gasteiger partial charge in [-0.2, -0.15) is 0 Å². The minimum absolute atomic E-state index is 0.0154. The Morgan fingerprint density at radius 2 is 2.05 bits per heavy atom. The van der Waals surface area contributed by atoms with Crippen LogP contribution in [-0.4, -0.2) is 40.2 Å². The van der Waals surface area contributed by atoms with Crippen molar-refractivity contribution >= 4 is 39.3 Å². The van der Waals surface area contributed by atoms with E-state index >= 15 is 0 Å². The highest BCUT2D eigenvalue weighted by Gasteiger charge is 2.20. The number of carboxylic acids is 1. The summed E-state index contributed by atoms with van der Waals surface area (Å²) >= 11 is 1.26. The molecular weight excluding hydrogens is 306 g/mol. The van der Waals surface area contributed by atoms with E-state index in [2.05, 4.69) is 15.3 Å². The number of thiophene rings is 1. The van der Waals surface area contributed by atoms with Crippen molar-refractivity contribution in [1.82, 2.24) is 9.97 Å². The van der Waals surface area contributed by atoms with Gasteiger partial charge in [0.15, 0.2) is 0 Å². The quantitative estimate of drug-likeness (QED) is 0.787. The van der Waals surface area contributed by atoms with E-state index in [1.54, 1.807) is 13.8 Å². The Morgan fingerprint density at radius 3 is 2.68 bits per heavy atom. The highest BCUT2D eigenvalue weighted by atomic mass is 32.1. The van der Waals surface area contributed by atoms with Crippen LogP contribution in [0.4, 0.5) is 5.82 Å². The third kappa shape index (κ3) is 3.33. The van der Waals surface area contributed by atoms with E-state index in [0.717, 1.165) is 10.9 Å². The summed E-state index contributed by atoms with van der Waals surface area (Å²) in [5, 5.41) is 12.5. The van der Waals surface area contributed by atoms with Gasteiger partial charge in [-0.15, -0.1) is 11.3 Å². The van der Waals surface area contributed by atoms with Crippen LogP contribution in [0.5, 0.6) is 0 Å². The second-order valence-electron chi connectivity index (χ2n) is 4.65. The highest BCUT2D eigenvalue weighted by Crippen LogP contribution is 2.34. The Morgan fingerprint density at radius 1 is 1.32 bits per heavy atom. The Bertz CT molecular complexity index is 726. The standard InChI is InChI=1S/C14H17N3O4S/c1-4-21-14(20)11-7(2)10-12(15-6-5-9(18)19)16-8(3)17-13(10)22-11/h4-6H2,1-3H3,(H,18,19)(H,15,16,17). The summed E-state index contributed by atoms with van der Waals surface area (Å²) in [6, 6.07) is 0. The van der Waals surface area contributed by atoms with E-state index in [9.17, 15) is 9.59 Å². The molecule has 118 valence electrons.